The lowest BCUT2D eigenvalue weighted by atomic mass is 9.47. The number of hydrogen-bond donors (Lipinski definition) is 0. The van der Waals surface area contributed by atoms with Crippen molar-refractivity contribution in [2.75, 3.05) is 0 Å². The van der Waals surface area contributed by atoms with Crippen molar-refractivity contribution < 1.29 is 0 Å². The molecule has 12 heavy (non-hydrogen) atoms. The van der Waals surface area contributed by atoms with Gasteiger partial charge in [-0.1, -0.05) is 32.4 Å². The van der Waals surface area contributed by atoms with E-state index in [1.807, 2.05) is 0 Å². The average Bonchev–Trinajstić information content (AvgIpc) is 2.05. The van der Waals surface area contributed by atoms with Gasteiger partial charge in [-0.05, 0) is 42.9 Å². The van der Waals surface area contributed by atoms with Crippen molar-refractivity contribution in [1.29, 1.82) is 0 Å². The van der Waals surface area contributed by atoms with Crippen molar-refractivity contribution in [3.8, 4) is 0 Å². The van der Waals surface area contributed by atoms with E-state index in [2.05, 4.69) is 26.8 Å². The molecule has 0 aliphatic heterocycles. The molecule has 0 aromatic carbocycles. The van der Waals surface area contributed by atoms with Crippen LogP contribution in [0.5, 0.6) is 0 Å². The second-order valence-corrected chi connectivity index (χ2v) is 5.03. The summed E-state index contributed by atoms with van der Waals surface area (Å²) in [5, 5.41) is 0. The van der Waals surface area contributed by atoms with Crippen LogP contribution < -0.4 is 0 Å². The number of rotatable bonds is 1. The van der Waals surface area contributed by atoms with Gasteiger partial charge in [0.15, 0.2) is 0 Å². The zero-order valence-corrected chi connectivity index (χ0v) is 8.56. The normalized spacial score (nSPS) is 41.1. The first-order valence-corrected chi connectivity index (χ1v) is 5.35. The topological polar surface area (TPSA) is 0 Å². The summed E-state index contributed by atoms with van der Waals surface area (Å²) in [5.41, 5.74) is 2.41. The third-order valence-electron chi connectivity index (χ3n) is 4.17. The molecule has 3 rings (SSSR count). The molecule has 0 heterocycles. The minimum Gasteiger partial charge on any atom is -0.0853 e. The van der Waals surface area contributed by atoms with Crippen LogP contribution in [-0.4, -0.2) is 0 Å². The van der Waals surface area contributed by atoms with Crippen molar-refractivity contribution >= 4 is 0 Å². The van der Waals surface area contributed by atoms with Crippen LogP contribution in [-0.2, 0) is 0 Å². The summed E-state index contributed by atoms with van der Waals surface area (Å²) >= 11 is 0. The molecule has 2 atom stereocenters. The van der Waals surface area contributed by atoms with Crippen LogP contribution in [0.3, 0.4) is 0 Å². The molecule has 0 amide bonds. The molecule has 3 fully saturated rings. The van der Waals surface area contributed by atoms with Gasteiger partial charge >= 0.3 is 0 Å². The maximum Gasteiger partial charge on any atom is -0.0146 e. The lowest BCUT2D eigenvalue weighted by molar-refractivity contribution is -0.0279. The van der Waals surface area contributed by atoms with Crippen LogP contribution in [0.2, 0.25) is 0 Å². The monoisotopic (exact) mass is 164 g/mol. The van der Waals surface area contributed by atoms with Crippen LogP contribution in [0, 0.1) is 17.3 Å². The minimum absolute atomic E-state index is 0.638. The second kappa shape index (κ2) is 2.61. The predicted octanol–water partition coefficient (Wildman–Crippen LogP) is 3.78. The zero-order valence-electron chi connectivity index (χ0n) is 8.56. The first-order chi connectivity index (χ1) is 5.66. The molecule has 0 aromatic heterocycles. The second-order valence-electron chi connectivity index (χ2n) is 5.03. The van der Waals surface area contributed by atoms with E-state index < -0.39 is 0 Å². The molecule has 2 unspecified atom stereocenters. The molecule has 2 bridgehead atoms. The van der Waals surface area contributed by atoms with E-state index in [1.54, 1.807) is 5.57 Å². The van der Waals surface area contributed by atoms with E-state index in [1.165, 1.54) is 25.7 Å². The average molecular weight is 164 g/mol. The standard InChI is InChI=1S/C12H20/c1-4-5-9-6-7-10-8-11(9)12(10,2)3/h5,10-11H,4,6-8H2,1-3H3/b9-5-. The third kappa shape index (κ3) is 0.967. The fraction of sp³-hybridized carbons (Fsp3) is 0.833. The molecular formula is C12H20. The Labute approximate surface area is 76.1 Å². The van der Waals surface area contributed by atoms with Crippen LogP contribution in [0.1, 0.15) is 46.5 Å². The Bertz CT molecular complexity index is 208. The van der Waals surface area contributed by atoms with Gasteiger partial charge in [0.05, 0.1) is 0 Å². The molecule has 68 valence electrons. The highest BCUT2D eigenvalue weighted by atomic mass is 14.6. The van der Waals surface area contributed by atoms with Crippen LogP contribution in [0.4, 0.5) is 0 Å². The van der Waals surface area contributed by atoms with Crippen molar-refractivity contribution in [1.82, 2.24) is 0 Å². The van der Waals surface area contributed by atoms with Gasteiger partial charge in [0.25, 0.3) is 0 Å². The maximum absolute atomic E-state index is 2.47. The Morgan fingerprint density at radius 1 is 1.50 bits per heavy atom. The van der Waals surface area contributed by atoms with Crippen LogP contribution >= 0.6 is 0 Å². The molecule has 0 nitrogen and oxygen atoms in total. The van der Waals surface area contributed by atoms with Crippen LogP contribution in [0.15, 0.2) is 11.6 Å². The third-order valence-corrected chi connectivity index (χ3v) is 4.17. The van der Waals surface area contributed by atoms with Gasteiger partial charge in [0.1, 0.15) is 0 Å². The summed E-state index contributed by atoms with van der Waals surface area (Å²) in [4.78, 5) is 0. The smallest absolute Gasteiger partial charge is 0.0146 e. The molecule has 0 spiro atoms. The van der Waals surface area contributed by atoms with E-state index in [0.717, 1.165) is 11.8 Å². The van der Waals surface area contributed by atoms with Gasteiger partial charge in [0, 0.05) is 0 Å². The van der Waals surface area contributed by atoms with E-state index in [-0.39, 0.29) is 0 Å². The fourth-order valence-corrected chi connectivity index (χ4v) is 3.16. The summed E-state index contributed by atoms with van der Waals surface area (Å²) in [6.45, 7) is 7.16. The fourth-order valence-electron chi connectivity index (χ4n) is 3.16. The van der Waals surface area contributed by atoms with Gasteiger partial charge in [0.2, 0.25) is 0 Å². The predicted molar refractivity (Wildman–Crippen MR) is 53.0 cm³/mol. The Balaban J connectivity index is 2.16. The summed E-state index contributed by atoms with van der Waals surface area (Å²) in [7, 11) is 0. The van der Waals surface area contributed by atoms with Gasteiger partial charge in [-0.2, -0.15) is 0 Å². The van der Waals surface area contributed by atoms with E-state index in [4.69, 9.17) is 0 Å². The molecular weight excluding hydrogens is 144 g/mol. The largest absolute Gasteiger partial charge is 0.0853 e. The first-order valence-electron chi connectivity index (χ1n) is 5.35. The van der Waals surface area contributed by atoms with E-state index >= 15 is 0 Å². The first kappa shape index (κ1) is 8.34. The van der Waals surface area contributed by atoms with Gasteiger partial charge in [-0.15, -0.1) is 0 Å². The Morgan fingerprint density at radius 3 is 2.75 bits per heavy atom. The molecule has 0 saturated heterocycles. The van der Waals surface area contributed by atoms with Gasteiger partial charge < -0.3 is 0 Å². The highest BCUT2D eigenvalue weighted by molar-refractivity contribution is 5.21. The Morgan fingerprint density at radius 2 is 2.25 bits per heavy atom. The molecule has 0 heteroatoms. The molecule has 3 aliphatic rings. The highest BCUT2D eigenvalue weighted by Crippen LogP contribution is 2.61. The number of allylic oxidation sites excluding steroid dienone is 2. The lowest BCUT2D eigenvalue weighted by Crippen LogP contribution is -2.49. The SMILES string of the molecule is CC/C=C1/CCC2CC1C2(C)C. The molecule has 0 aromatic rings. The van der Waals surface area contributed by atoms with E-state index in [9.17, 15) is 0 Å². The van der Waals surface area contributed by atoms with Crippen LogP contribution in [0.25, 0.3) is 0 Å². The van der Waals surface area contributed by atoms with Crippen molar-refractivity contribution in [3.63, 3.8) is 0 Å². The van der Waals surface area contributed by atoms with Gasteiger partial charge in [-0.25, -0.2) is 0 Å². The Hall–Kier alpha value is -0.260. The van der Waals surface area contributed by atoms with Crippen molar-refractivity contribution in [2.24, 2.45) is 17.3 Å². The number of fused-ring (bicyclic) bond motifs is 2. The van der Waals surface area contributed by atoms with Gasteiger partial charge in [-0.3, -0.25) is 0 Å². The van der Waals surface area contributed by atoms with Crippen molar-refractivity contribution in [3.05, 3.63) is 11.6 Å². The van der Waals surface area contributed by atoms with E-state index in [0.29, 0.717) is 5.41 Å². The zero-order chi connectivity index (χ0) is 8.77. The Kier molecular flexibility index (Phi) is 1.82. The summed E-state index contributed by atoms with van der Waals surface area (Å²) in [5.74, 6) is 1.98. The highest BCUT2D eigenvalue weighted by Gasteiger charge is 2.51. The van der Waals surface area contributed by atoms with Crippen molar-refractivity contribution in [2.45, 2.75) is 46.5 Å². The maximum atomic E-state index is 2.47. The summed E-state index contributed by atoms with van der Waals surface area (Å²) in [6.07, 6.45) is 8.04. The number of hydrogen-bond acceptors (Lipinski definition) is 0. The molecule has 0 radical (unpaired) electrons. The summed E-state index contributed by atoms with van der Waals surface area (Å²) in [6, 6.07) is 0. The summed E-state index contributed by atoms with van der Waals surface area (Å²) < 4.78 is 0. The molecule has 0 N–H and O–H groups in total. The quantitative estimate of drug-likeness (QED) is 0.517. The minimum atomic E-state index is 0.638. The molecule has 3 aliphatic carbocycles. The lowest BCUT2D eigenvalue weighted by Gasteiger charge is -2.58. The molecule has 3 saturated carbocycles.